The maximum absolute atomic E-state index is 13.2. The number of ketones is 1. The number of hydrogen-bond donors (Lipinski definition) is 0. The van der Waals surface area contributed by atoms with Crippen molar-refractivity contribution in [3.63, 3.8) is 0 Å². The summed E-state index contributed by atoms with van der Waals surface area (Å²) >= 11 is 0. The van der Waals surface area contributed by atoms with E-state index in [1.807, 2.05) is 0 Å². The largest absolute Gasteiger partial charge is 0.417 e. The number of hydrogen-bond acceptors (Lipinski definition) is 5. The number of carbonyl (C=O) groups excluding carboxylic acids is 2. The van der Waals surface area contributed by atoms with E-state index in [1.54, 1.807) is 0 Å². The molecule has 0 aliphatic carbocycles. The van der Waals surface area contributed by atoms with Crippen LogP contribution in [0.1, 0.15) is 33.2 Å². The normalized spacial score (nSPS) is 15.8. The molecule has 0 radical (unpaired) electrons. The fourth-order valence-corrected chi connectivity index (χ4v) is 4.55. The molecule has 0 saturated carbocycles. The van der Waals surface area contributed by atoms with Crippen LogP contribution >= 0.6 is 0 Å². The Kier molecular flexibility index (Phi) is 5.95. The molecule has 3 rings (SSSR count). The van der Waals surface area contributed by atoms with Crippen molar-refractivity contribution in [2.24, 2.45) is 0 Å². The quantitative estimate of drug-likeness (QED) is 0.681. The summed E-state index contributed by atoms with van der Waals surface area (Å²) in [5.41, 5.74) is -1.27. The molecule has 0 N–H and O–H groups in total. The highest BCUT2D eigenvalue weighted by molar-refractivity contribution is 7.89. The van der Waals surface area contributed by atoms with E-state index in [2.05, 4.69) is 4.98 Å². The number of sulfonamides is 1. The van der Waals surface area contributed by atoms with E-state index in [-0.39, 0.29) is 36.9 Å². The van der Waals surface area contributed by atoms with Crippen molar-refractivity contribution < 1.29 is 31.2 Å². The molecule has 2 aromatic rings. The van der Waals surface area contributed by atoms with Crippen LogP contribution in [0.3, 0.4) is 0 Å². The predicted molar refractivity (Wildman–Crippen MR) is 100 cm³/mol. The second-order valence-electron chi connectivity index (χ2n) is 6.70. The zero-order valence-corrected chi connectivity index (χ0v) is 16.7. The molecule has 11 heteroatoms. The number of Topliss-reactive ketones (excluding diaryl/α,β-unsaturated/α-hetero) is 1. The lowest BCUT2D eigenvalue weighted by molar-refractivity contribution is -0.138. The first kappa shape index (κ1) is 21.9. The zero-order chi connectivity index (χ0) is 22.1. The Labute approximate surface area is 171 Å². The number of aromatic nitrogens is 1. The van der Waals surface area contributed by atoms with Crippen LogP contribution in [-0.4, -0.2) is 60.5 Å². The van der Waals surface area contributed by atoms with Crippen LogP contribution in [0.15, 0.2) is 47.6 Å². The summed E-state index contributed by atoms with van der Waals surface area (Å²) in [7, 11) is -3.86. The Morgan fingerprint density at radius 1 is 1.00 bits per heavy atom. The molecule has 0 bridgehead atoms. The van der Waals surface area contributed by atoms with Crippen LogP contribution in [0.25, 0.3) is 0 Å². The van der Waals surface area contributed by atoms with Crippen molar-refractivity contribution >= 4 is 21.7 Å². The number of benzene rings is 1. The number of halogens is 3. The van der Waals surface area contributed by atoms with Gasteiger partial charge in [-0.25, -0.2) is 8.42 Å². The first-order chi connectivity index (χ1) is 14.0. The highest BCUT2D eigenvalue weighted by Gasteiger charge is 2.37. The molecular formula is C19H18F3N3O4S. The number of alkyl halides is 3. The van der Waals surface area contributed by atoms with Gasteiger partial charge in [0.2, 0.25) is 10.0 Å². The van der Waals surface area contributed by atoms with Crippen molar-refractivity contribution in [3.05, 3.63) is 59.4 Å². The Morgan fingerprint density at radius 3 is 2.13 bits per heavy atom. The van der Waals surface area contributed by atoms with E-state index in [0.717, 1.165) is 22.8 Å². The molecule has 1 aliphatic heterocycles. The molecule has 1 aromatic carbocycles. The van der Waals surface area contributed by atoms with Crippen molar-refractivity contribution in [2.45, 2.75) is 18.0 Å². The van der Waals surface area contributed by atoms with E-state index in [1.165, 1.54) is 36.1 Å². The Morgan fingerprint density at radius 2 is 1.60 bits per heavy atom. The van der Waals surface area contributed by atoms with E-state index < -0.39 is 33.2 Å². The minimum absolute atomic E-state index is 0.00102. The van der Waals surface area contributed by atoms with Gasteiger partial charge in [0.25, 0.3) is 5.91 Å². The van der Waals surface area contributed by atoms with Gasteiger partial charge in [-0.1, -0.05) is 12.1 Å². The van der Waals surface area contributed by atoms with Gasteiger partial charge in [-0.2, -0.15) is 17.5 Å². The van der Waals surface area contributed by atoms with Crippen LogP contribution in [0.2, 0.25) is 0 Å². The molecule has 0 atom stereocenters. The lowest BCUT2D eigenvalue weighted by Crippen LogP contribution is -2.50. The summed E-state index contributed by atoms with van der Waals surface area (Å²) in [5, 5.41) is 0. The van der Waals surface area contributed by atoms with Gasteiger partial charge in [-0.15, -0.1) is 0 Å². The summed E-state index contributed by atoms with van der Waals surface area (Å²) in [6.07, 6.45) is -2.88. The highest BCUT2D eigenvalue weighted by atomic mass is 32.2. The van der Waals surface area contributed by atoms with Gasteiger partial charge in [0.15, 0.2) is 5.78 Å². The van der Waals surface area contributed by atoms with Crippen LogP contribution in [0.5, 0.6) is 0 Å². The minimum Gasteiger partial charge on any atom is -0.336 e. The summed E-state index contributed by atoms with van der Waals surface area (Å²) in [4.78, 5) is 28.7. The SMILES string of the molecule is CC(=O)c1ccc(S(=O)(=O)N2CCN(C(=O)c3cnccc3C(F)(F)F)CC2)cc1. The zero-order valence-electron chi connectivity index (χ0n) is 15.9. The molecule has 30 heavy (non-hydrogen) atoms. The minimum atomic E-state index is -4.70. The van der Waals surface area contributed by atoms with Gasteiger partial charge >= 0.3 is 6.18 Å². The summed E-state index contributed by atoms with van der Waals surface area (Å²) < 4.78 is 66.2. The monoisotopic (exact) mass is 441 g/mol. The third kappa shape index (κ3) is 4.36. The number of pyridine rings is 1. The molecule has 1 saturated heterocycles. The van der Waals surface area contributed by atoms with Gasteiger partial charge in [-0.3, -0.25) is 14.6 Å². The first-order valence-corrected chi connectivity index (χ1v) is 10.4. The van der Waals surface area contributed by atoms with Crippen LogP contribution in [0.4, 0.5) is 13.2 Å². The summed E-state index contributed by atoms with van der Waals surface area (Å²) in [6.45, 7) is 1.12. The third-order valence-corrected chi connectivity index (χ3v) is 6.69. The lowest BCUT2D eigenvalue weighted by atomic mass is 10.1. The van der Waals surface area contributed by atoms with E-state index in [0.29, 0.717) is 5.56 Å². The fourth-order valence-electron chi connectivity index (χ4n) is 3.12. The van der Waals surface area contributed by atoms with Crippen LogP contribution < -0.4 is 0 Å². The second kappa shape index (κ2) is 8.15. The smallest absolute Gasteiger partial charge is 0.336 e. The first-order valence-electron chi connectivity index (χ1n) is 8.93. The Balaban J connectivity index is 1.73. The van der Waals surface area contributed by atoms with Gasteiger partial charge < -0.3 is 4.90 Å². The number of piperazine rings is 1. The molecule has 7 nitrogen and oxygen atoms in total. The average molecular weight is 441 g/mol. The number of amides is 1. The van der Waals surface area contributed by atoms with E-state index in [4.69, 9.17) is 0 Å². The average Bonchev–Trinajstić information content (AvgIpc) is 2.72. The topological polar surface area (TPSA) is 87.7 Å². The molecule has 2 heterocycles. The molecule has 1 amide bonds. The number of carbonyl (C=O) groups is 2. The lowest BCUT2D eigenvalue weighted by Gasteiger charge is -2.34. The van der Waals surface area contributed by atoms with Gasteiger partial charge in [0, 0.05) is 44.1 Å². The number of nitrogens with zero attached hydrogens (tertiary/aromatic N) is 3. The second-order valence-corrected chi connectivity index (χ2v) is 8.63. The summed E-state index contributed by atoms with van der Waals surface area (Å²) in [5.74, 6) is -1.04. The van der Waals surface area contributed by atoms with Crippen LogP contribution in [0, 0.1) is 0 Å². The summed E-state index contributed by atoms with van der Waals surface area (Å²) in [6, 6.07) is 6.22. The molecule has 0 spiro atoms. The molecule has 1 aromatic heterocycles. The van der Waals surface area contributed by atoms with Crippen LogP contribution in [-0.2, 0) is 16.2 Å². The molecule has 0 unspecified atom stereocenters. The molecule has 1 fully saturated rings. The Bertz CT molecular complexity index is 1060. The van der Waals surface area contributed by atoms with Crippen molar-refractivity contribution in [3.8, 4) is 0 Å². The highest BCUT2D eigenvalue weighted by Crippen LogP contribution is 2.32. The van der Waals surface area contributed by atoms with Gasteiger partial charge in [-0.05, 0) is 25.1 Å². The number of rotatable bonds is 4. The standard InChI is InChI=1S/C19H18F3N3O4S/c1-13(26)14-2-4-15(5-3-14)30(28,29)25-10-8-24(9-11-25)18(27)16-12-23-7-6-17(16)19(20,21)22/h2-7,12H,8-11H2,1H3. The molecule has 160 valence electrons. The van der Waals surface area contributed by atoms with E-state index in [9.17, 15) is 31.2 Å². The molecule has 1 aliphatic rings. The van der Waals surface area contributed by atoms with Crippen molar-refractivity contribution in [2.75, 3.05) is 26.2 Å². The van der Waals surface area contributed by atoms with Gasteiger partial charge in [0.05, 0.1) is 16.0 Å². The maximum atomic E-state index is 13.2. The Hall–Kier alpha value is -2.79. The van der Waals surface area contributed by atoms with Crippen molar-refractivity contribution in [1.29, 1.82) is 0 Å². The van der Waals surface area contributed by atoms with Crippen molar-refractivity contribution in [1.82, 2.24) is 14.2 Å². The molecular weight excluding hydrogens is 423 g/mol. The maximum Gasteiger partial charge on any atom is 0.417 e. The predicted octanol–water partition coefficient (Wildman–Crippen LogP) is 2.45. The van der Waals surface area contributed by atoms with E-state index >= 15 is 0 Å². The third-order valence-electron chi connectivity index (χ3n) is 4.78. The van der Waals surface area contributed by atoms with Gasteiger partial charge in [0.1, 0.15) is 0 Å². The fraction of sp³-hybridized carbons (Fsp3) is 0.316.